The smallest absolute Gasteiger partial charge is 0.335 e. The van der Waals surface area contributed by atoms with Crippen molar-refractivity contribution in [3.63, 3.8) is 0 Å². The molecule has 7 nitrogen and oxygen atoms in total. The maximum Gasteiger partial charge on any atom is 0.335 e. The van der Waals surface area contributed by atoms with Gasteiger partial charge in [-0.2, -0.15) is 0 Å². The van der Waals surface area contributed by atoms with Gasteiger partial charge in [0.15, 0.2) is 5.78 Å². The van der Waals surface area contributed by atoms with Gasteiger partial charge in [0.1, 0.15) is 11.5 Å². The third-order valence-corrected chi connectivity index (χ3v) is 7.05. The summed E-state index contributed by atoms with van der Waals surface area (Å²) in [5.41, 5.74) is 3.06. The zero-order chi connectivity index (χ0) is 26.1. The fourth-order valence-electron chi connectivity index (χ4n) is 5.43. The van der Waals surface area contributed by atoms with Crippen LogP contribution in [0.4, 0.5) is 0 Å². The van der Waals surface area contributed by atoms with Crippen LogP contribution in [0.25, 0.3) is 17.4 Å². The van der Waals surface area contributed by atoms with Crippen LogP contribution in [0.2, 0.25) is 0 Å². The predicted molar refractivity (Wildman–Crippen MR) is 138 cm³/mol. The predicted octanol–water partition coefficient (Wildman–Crippen LogP) is 5.42. The van der Waals surface area contributed by atoms with E-state index in [1.165, 1.54) is 6.07 Å². The zero-order valence-corrected chi connectivity index (χ0v) is 20.6. The molecule has 0 amide bonds. The van der Waals surface area contributed by atoms with Crippen LogP contribution in [0.3, 0.4) is 0 Å². The summed E-state index contributed by atoms with van der Waals surface area (Å²) in [6, 6.07) is 19.3. The Morgan fingerprint density at radius 3 is 2.62 bits per heavy atom. The van der Waals surface area contributed by atoms with Gasteiger partial charge in [0, 0.05) is 29.2 Å². The number of fused-ring (bicyclic) bond motifs is 1. The number of hydrogen-bond acceptors (Lipinski definition) is 6. The number of furan rings is 1. The lowest BCUT2D eigenvalue weighted by atomic mass is 9.70. The largest absolute Gasteiger partial charge is 0.478 e. The van der Waals surface area contributed by atoms with Gasteiger partial charge in [-0.1, -0.05) is 42.5 Å². The number of aliphatic imine (C=N–C) groups is 1. The number of carboxylic acids is 1. The van der Waals surface area contributed by atoms with Gasteiger partial charge in [0.2, 0.25) is 0 Å². The van der Waals surface area contributed by atoms with E-state index in [4.69, 9.17) is 14.1 Å². The van der Waals surface area contributed by atoms with E-state index in [0.29, 0.717) is 29.1 Å². The fraction of sp³-hybridized carbons (Fsp3) is 0.267. The summed E-state index contributed by atoms with van der Waals surface area (Å²) in [6.07, 6.45) is 2.11. The molecule has 1 aromatic heterocycles. The SMILES string of the molecule is CCOC(=O)C1C(C)N=C2C/C(=C\c3ccc(-c4cccc(C(=O)O)c4)o3)C(=O)C2C1c1ccccc1. The molecule has 0 bridgehead atoms. The average Bonchev–Trinajstić information content (AvgIpc) is 3.48. The Bertz CT molecular complexity index is 1420. The van der Waals surface area contributed by atoms with E-state index in [0.717, 1.165) is 11.3 Å². The van der Waals surface area contributed by atoms with E-state index in [-0.39, 0.29) is 35.9 Å². The standard InChI is InChI=1S/C30H27NO6/c1-3-36-30(35)25-17(2)31-23-16-21(28(32)27(23)26(25)18-8-5-4-6-9-18)15-22-12-13-24(37-22)19-10-7-11-20(14-19)29(33)34/h4-15,17,25-27H,3,16H2,1-2H3,(H,33,34)/b21-15+. The third kappa shape index (κ3) is 4.65. The van der Waals surface area contributed by atoms with E-state index in [1.807, 2.05) is 37.3 Å². The highest BCUT2D eigenvalue weighted by molar-refractivity contribution is 6.23. The summed E-state index contributed by atoms with van der Waals surface area (Å²) in [7, 11) is 0. The molecule has 1 saturated carbocycles. The summed E-state index contributed by atoms with van der Waals surface area (Å²) in [4.78, 5) is 42.9. The van der Waals surface area contributed by atoms with Crippen molar-refractivity contribution in [3.8, 4) is 11.3 Å². The van der Waals surface area contributed by atoms with Crippen molar-refractivity contribution in [2.75, 3.05) is 6.61 Å². The molecule has 2 aromatic carbocycles. The van der Waals surface area contributed by atoms with Crippen LogP contribution in [0, 0.1) is 11.8 Å². The second-order valence-corrected chi connectivity index (χ2v) is 9.35. The van der Waals surface area contributed by atoms with Gasteiger partial charge in [-0.3, -0.25) is 14.6 Å². The molecule has 1 aliphatic carbocycles. The quantitative estimate of drug-likeness (QED) is 0.360. The van der Waals surface area contributed by atoms with Crippen LogP contribution in [-0.2, 0) is 14.3 Å². The number of ether oxygens (including phenoxy) is 1. The number of rotatable bonds is 6. The maximum atomic E-state index is 13.7. The lowest BCUT2D eigenvalue weighted by Gasteiger charge is -2.36. The number of carbonyl (C=O) groups is 3. The Kier molecular flexibility index (Phi) is 6.61. The number of benzene rings is 2. The van der Waals surface area contributed by atoms with Crippen molar-refractivity contribution < 1.29 is 28.6 Å². The van der Waals surface area contributed by atoms with E-state index < -0.39 is 17.8 Å². The lowest BCUT2D eigenvalue weighted by Crippen LogP contribution is -2.43. The number of allylic oxidation sites excluding steroid dienone is 1. The third-order valence-electron chi connectivity index (χ3n) is 7.05. The molecule has 7 heteroatoms. The van der Waals surface area contributed by atoms with Crippen LogP contribution >= 0.6 is 0 Å². The van der Waals surface area contributed by atoms with Crippen molar-refractivity contribution in [2.24, 2.45) is 16.8 Å². The molecule has 0 radical (unpaired) electrons. The number of carboxylic acid groups (broad SMARTS) is 1. The molecular formula is C30H27NO6. The molecule has 188 valence electrons. The molecule has 37 heavy (non-hydrogen) atoms. The molecule has 2 aliphatic rings. The highest BCUT2D eigenvalue weighted by atomic mass is 16.5. The van der Waals surface area contributed by atoms with Gasteiger partial charge in [-0.25, -0.2) is 4.79 Å². The second-order valence-electron chi connectivity index (χ2n) is 9.35. The Balaban J connectivity index is 1.48. The van der Waals surface area contributed by atoms with Gasteiger partial charge < -0.3 is 14.3 Å². The minimum atomic E-state index is -1.01. The number of carbonyl (C=O) groups excluding carboxylic acids is 2. The molecule has 0 spiro atoms. The van der Waals surface area contributed by atoms with E-state index >= 15 is 0 Å². The maximum absolute atomic E-state index is 13.7. The number of esters is 1. The van der Waals surface area contributed by atoms with Crippen molar-refractivity contribution in [1.29, 1.82) is 0 Å². The Labute approximate surface area is 214 Å². The first-order chi connectivity index (χ1) is 17.9. The van der Waals surface area contributed by atoms with E-state index in [1.54, 1.807) is 43.3 Å². The average molecular weight is 498 g/mol. The zero-order valence-electron chi connectivity index (χ0n) is 20.6. The van der Waals surface area contributed by atoms with Crippen LogP contribution in [0.5, 0.6) is 0 Å². The molecule has 2 heterocycles. The van der Waals surface area contributed by atoms with Gasteiger partial charge >= 0.3 is 11.9 Å². The van der Waals surface area contributed by atoms with E-state index in [9.17, 15) is 19.5 Å². The number of nitrogens with zero attached hydrogens (tertiary/aromatic N) is 1. The summed E-state index contributed by atoms with van der Waals surface area (Å²) in [5, 5.41) is 9.27. The molecule has 1 fully saturated rings. The summed E-state index contributed by atoms with van der Waals surface area (Å²) in [5.74, 6) is -1.89. The van der Waals surface area contributed by atoms with Crippen molar-refractivity contribution >= 4 is 29.5 Å². The number of Topliss-reactive ketones (excluding diaryl/α,β-unsaturated/α-hetero) is 1. The summed E-state index contributed by atoms with van der Waals surface area (Å²) >= 11 is 0. The first-order valence-electron chi connectivity index (χ1n) is 12.3. The van der Waals surface area contributed by atoms with Crippen molar-refractivity contribution in [2.45, 2.75) is 32.2 Å². The van der Waals surface area contributed by atoms with Crippen LogP contribution < -0.4 is 0 Å². The normalized spacial score (nSPS) is 24.0. The molecule has 3 aromatic rings. The minimum Gasteiger partial charge on any atom is -0.478 e. The van der Waals surface area contributed by atoms with Crippen LogP contribution in [0.1, 0.15) is 47.9 Å². The molecule has 4 unspecified atom stereocenters. The highest BCUT2D eigenvalue weighted by Gasteiger charge is 2.51. The lowest BCUT2D eigenvalue weighted by molar-refractivity contribution is -0.150. The van der Waals surface area contributed by atoms with Gasteiger partial charge in [-0.15, -0.1) is 0 Å². The molecule has 4 atom stereocenters. The summed E-state index contributed by atoms with van der Waals surface area (Å²) < 4.78 is 11.3. The second kappa shape index (κ2) is 10.0. The minimum absolute atomic E-state index is 0.0698. The monoisotopic (exact) mass is 497 g/mol. The van der Waals surface area contributed by atoms with Crippen molar-refractivity contribution in [1.82, 2.24) is 0 Å². The highest BCUT2D eigenvalue weighted by Crippen LogP contribution is 2.46. The van der Waals surface area contributed by atoms with Crippen molar-refractivity contribution in [3.05, 3.63) is 89.2 Å². The van der Waals surface area contributed by atoms with Gasteiger partial charge in [0.25, 0.3) is 0 Å². The Hall–Kier alpha value is -4.26. The van der Waals surface area contributed by atoms with E-state index in [2.05, 4.69) is 0 Å². The molecule has 1 N–H and O–H groups in total. The Morgan fingerprint density at radius 1 is 1.11 bits per heavy atom. The first-order valence-corrected chi connectivity index (χ1v) is 12.3. The fourth-order valence-corrected chi connectivity index (χ4v) is 5.43. The molecule has 1 aliphatic heterocycles. The summed E-state index contributed by atoms with van der Waals surface area (Å²) in [6.45, 7) is 3.94. The van der Waals surface area contributed by atoms with Crippen LogP contribution in [-0.4, -0.2) is 41.2 Å². The number of aromatic carboxylic acids is 1. The van der Waals surface area contributed by atoms with Gasteiger partial charge in [0.05, 0.1) is 30.0 Å². The molecule has 5 rings (SSSR count). The molecule has 0 saturated heterocycles. The molecular weight excluding hydrogens is 470 g/mol. The topological polar surface area (TPSA) is 106 Å². The van der Waals surface area contributed by atoms with Crippen LogP contribution in [0.15, 0.2) is 81.7 Å². The number of hydrogen-bond donors (Lipinski definition) is 1. The first kappa shape index (κ1) is 24.4. The van der Waals surface area contributed by atoms with Gasteiger partial charge in [-0.05, 0) is 49.8 Å². The Morgan fingerprint density at radius 2 is 1.89 bits per heavy atom. The number of ketones is 1.